The van der Waals surface area contributed by atoms with Crippen LogP contribution in [0.4, 0.5) is 0 Å². The van der Waals surface area contributed by atoms with Gasteiger partial charge in [-0.2, -0.15) is 0 Å². The minimum absolute atomic E-state index is 0.236. The summed E-state index contributed by atoms with van der Waals surface area (Å²) in [6, 6.07) is 7.83. The molecule has 70 valence electrons. The number of fused-ring (bicyclic) bond motifs is 1. The molecule has 0 fully saturated rings. The Kier molecular flexibility index (Phi) is 2.39. The predicted molar refractivity (Wildman–Crippen MR) is 51.3 cm³/mol. The molecule has 1 aromatic carbocycles. The maximum absolute atomic E-state index is 5.75. The Balaban J connectivity index is 2.11. The molecule has 13 heavy (non-hydrogen) atoms. The first-order chi connectivity index (χ1) is 6.40. The molecule has 0 amide bonds. The first kappa shape index (κ1) is 8.42. The van der Waals surface area contributed by atoms with E-state index in [2.05, 4.69) is 6.92 Å². The van der Waals surface area contributed by atoms with E-state index in [1.54, 1.807) is 0 Å². The molecular formula is C11H14O2. The lowest BCUT2D eigenvalue weighted by Crippen LogP contribution is -2.28. The lowest BCUT2D eigenvalue weighted by molar-refractivity contribution is 0.0844. The van der Waals surface area contributed by atoms with Crippen molar-refractivity contribution in [2.24, 2.45) is 0 Å². The van der Waals surface area contributed by atoms with Gasteiger partial charge in [-0.1, -0.05) is 25.5 Å². The van der Waals surface area contributed by atoms with Crippen molar-refractivity contribution in [1.29, 1.82) is 0 Å². The zero-order valence-electron chi connectivity index (χ0n) is 7.82. The van der Waals surface area contributed by atoms with Gasteiger partial charge in [-0.05, 0) is 18.6 Å². The number of benzene rings is 1. The zero-order valence-corrected chi connectivity index (χ0v) is 7.82. The van der Waals surface area contributed by atoms with Crippen LogP contribution in [-0.2, 0) is 0 Å². The summed E-state index contributed by atoms with van der Waals surface area (Å²) in [5.41, 5.74) is 0. The highest BCUT2D eigenvalue weighted by molar-refractivity contribution is 5.40. The molecule has 1 aromatic rings. The van der Waals surface area contributed by atoms with Gasteiger partial charge in [0.2, 0.25) is 0 Å². The van der Waals surface area contributed by atoms with E-state index in [9.17, 15) is 0 Å². The van der Waals surface area contributed by atoms with Gasteiger partial charge in [-0.25, -0.2) is 0 Å². The first-order valence-corrected chi connectivity index (χ1v) is 4.78. The van der Waals surface area contributed by atoms with E-state index in [0.29, 0.717) is 6.61 Å². The second kappa shape index (κ2) is 3.69. The summed E-state index contributed by atoms with van der Waals surface area (Å²) < 4.78 is 11.3. The summed E-state index contributed by atoms with van der Waals surface area (Å²) in [5.74, 6) is 1.75. The van der Waals surface area contributed by atoms with Crippen molar-refractivity contribution in [3.63, 3.8) is 0 Å². The summed E-state index contributed by atoms with van der Waals surface area (Å²) in [4.78, 5) is 0. The van der Waals surface area contributed by atoms with E-state index in [1.807, 2.05) is 24.3 Å². The van der Waals surface area contributed by atoms with Gasteiger partial charge in [0.05, 0.1) is 0 Å². The van der Waals surface area contributed by atoms with E-state index in [-0.39, 0.29) is 6.10 Å². The fraction of sp³-hybridized carbons (Fsp3) is 0.455. The van der Waals surface area contributed by atoms with Crippen molar-refractivity contribution in [1.82, 2.24) is 0 Å². The van der Waals surface area contributed by atoms with Gasteiger partial charge in [-0.3, -0.25) is 0 Å². The number of rotatable bonds is 2. The maximum Gasteiger partial charge on any atom is 0.161 e. The lowest BCUT2D eigenvalue weighted by Gasteiger charge is -2.25. The Morgan fingerprint density at radius 2 is 2.08 bits per heavy atom. The molecule has 0 saturated carbocycles. The van der Waals surface area contributed by atoms with Gasteiger partial charge in [0, 0.05) is 0 Å². The van der Waals surface area contributed by atoms with Crippen molar-refractivity contribution in [2.75, 3.05) is 6.61 Å². The third kappa shape index (κ3) is 1.77. The van der Waals surface area contributed by atoms with Crippen LogP contribution < -0.4 is 9.47 Å². The van der Waals surface area contributed by atoms with Gasteiger partial charge < -0.3 is 9.47 Å². The Bertz CT molecular complexity index is 283. The molecule has 1 atom stereocenters. The fourth-order valence-electron chi connectivity index (χ4n) is 1.53. The van der Waals surface area contributed by atoms with Gasteiger partial charge in [0.25, 0.3) is 0 Å². The van der Waals surface area contributed by atoms with Crippen molar-refractivity contribution in [2.45, 2.75) is 25.9 Å². The van der Waals surface area contributed by atoms with Crippen LogP contribution >= 0.6 is 0 Å². The molecule has 0 aromatic heterocycles. The van der Waals surface area contributed by atoms with Crippen molar-refractivity contribution < 1.29 is 9.47 Å². The molecule has 0 aliphatic carbocycles. The quantitative estimate of drug-likeness (QED) is 0.693. The average Bonchev–Trinajstić information content (AvgIpc) is 2.18. The second-order valence-electron chi connectivity index (χ2n) is 3.29. The average molecular weight is 178 g/mol. The van der Waals surface area contributed by atoms with E-state index in [4.69, 9.17) is 9.47 Å². The molecule has 2 nitrogen and oxygen atoms in total. The normalized spacial score (nSPS) is 19.9. The molecule has 0 N–H and O–H groups in total. The molecule has 2 heteroatoms. The molecule has 1 unspecified atom stereocenters. The number of hydrogen-bond donors (Lipinski definition) is 0. The van der Waals surface area contributed by atoms with Crippen LogP contribution in [0.3, 0.4) is 0 Å². The molecule has 0 radical (unpaired) electrons. The summed E-state index contributed by atoms with van der Waals surface area (Å²) in [6.07, 6.45) is 2.43. The molecule has 2 rings (SSSR count). The van der Waals surface area contributed by atoms with Crippen LogP contribution in [0.15, 0.2) is 24.3 Å². The SMILES string of the molecule is CCCC1COc2ccccc2O1. The molecule has 1 aliphatic rings. The number of ether oxygens (including phenoxy) is 2. The third-order valence-corrected chi connectivity index (χ3v) is 2.18. The first-order valence-electron chi connectivity index (χ1n) is 4.78. The minimum Gasteiger partial charge on any atom is -0.486 e. The minimum atomic E-state index is 0.236. The van der Waals surface area contributed by atoms with Gasteiger partial charge in [-0.15, -0.1) is 0 Å². The van der Waals surface area contributed by atoms with Gasteiger partial charge in [0.15, 0.2) is 11.5 Å². The Morgan fingerprint density at radius 3 is 2.85 bits per heavy atom. The Morgan fingerprint density at radius 1 is 1.31 bits per heavy atom. The summed E-state index contributed by atoms with van der Waals surface area (Å²) in [7, 11) is 0. The van der Waals surface area contributed by atoms with Crippen molar-refractivity contribution in [3.05, 3.63) is 24.3 Å². The molecule has 1 aliphatic heterocycles. The van der Waals surface area contributed by atoms with Gasteiger partial charge >= 0.3 is 0 Å². The monoisotopic (exact) mass is 178 g/mol. The Hall–Kier alpha value is -1.18. The van der Waals surface area contributed by atoms with Crippen molar-refractivity contribution in [3.8, 4) is 11.5 Å². The van der Waals surface area contributed by atoms with Crippen LogP contribution in [0.25, 0.3) is 0 Å². The summed E-state index contributed by atoms with van der Waals surface area (Å²) in [5, 5.41) is 0. The smallest absolute Gasteiger partial charge is 0.161 e. The summed E-state index contributed by atoms with van der Waals surface area (Å²) in [6.45, 7) is 2.84. The topological polar surface area (TPSA) is 18.5 Å². The molecule has 1 heterocycles. The molecular weight excluding hydrogens is 164 g/mol. The van der Waals surface area contributed by atoms with Crippen LogP contribution in [0.1, 0.15) is 19.8 Å². The van der Waals surface area contributed by atoms with E-state index in [0.717, 1.165) is 24.3 Å². The standard InChI is InChI=1S/C11H14O2/c1-2-5-9-8-12-10-6-3-4-7-11(10)13-9/h3-4,6-7,9H,2,5,8H2,1H3. The lowest BCUT2D eigenvalue weighted by atomic mass is 10.2. The van der Waals surface area contributed by atoms with Crippen LogP contribution in [0.5, 0.6) is 11.5 Å². The second-order valence-corrected chi connectivity index (χ2v) is 3.29. The fourth-order valence-corrected chi connectivity index (χ4v) is 1.53. The van der Waals surface area contributed by atoms with E-state index < -0.39 is 0 Å². The third-order valence-electron chi connectivity index (χ3n) is 2.18. The van der Waals surface area contributed by atoms with Crippen LogP contribution in [0, 0.1) is 0 Å². The van der Waals surface area contributed by atoms with E-state index in [1.165, 1.54) is 0 Å². The molecule has 0 bridgehead atoms. The van der Waals surface area contributed by atoms with Crippen molar-refractivity contribution >= 4 is 0 Å². The molecule has 0 saturated heterocycles. The highest BCUT2D eigenvalue weighted by atomic mass is 16.6. The van der Waals surface area contributed by atoms with E-state index >= 15 is 0 Å². The number of hydrogen-bond acceptors (Lipinski definition) is 2. The largest absolute Gasteiger partial charge is 0.486 e. The highest BCUT2D eigenvalue weighted by Crippen LogP contribution is 2.31. The van der Waals surface area contributed by atoms with Crippen LogP contribution in [0.2, 0.25) is 0 Å². The predicted octanol–water partition coefficient (Wildman–Crippen LogP) is 2.63. The zero-order chi connectivity index (χ0) is 9.10. The Labute approximate surface area is 78.5 Å². The van der Waals surface area contributed by atoms with Crippen LogP contribution in [-0.4, -0.2) is 12.7 Å². The maximum atomic E-state index is 5.75. The number of para-hydroxylation sites is 2. The van der Waals surface area contributed by atoms with Gasteiger partial charge in [0.1, 0.15) is 12.7 Å². The highest BCUT2D eigenvalue weighted by Gasteiger charge is 2.18. The molecule has 0 spiro atoms. The summed E-state index contributed by atoms with van der Waals surface area (Å²) >= 11 is 0.